The Hall–Kier alpha value is -2.86. The van der Waals surface area contributed by atoms with Gasteiger partial charge in [-0.05, 0) is 65.3 Å². The molecule has 1 aliphatic rings. The van der Waals surface area contributed by atoms with Crippen LogP contribution in [0.3, 0.4) is 0 Å². The molecule has 12 nitrogen and oxygen atoms in total. The van der Waals surface area contributed by atoms with Gasteiger partial charge >= 0.3 is 12.2 Å². The van der Waals surface area contributed by atoms with Crippen LogP contribution in [0.2, 0.25) is 0 Å². The number of piperidine rings is 1. The van der Waals surface area contributed by atoms with Crippen molar-refractivity contribution in [1.29, 1.82) is 0 Å². The second-order valence-electron chi connectivity index (χ2n) is 10.6. The molecule has 37 heavy (non-hydrogen) atoms. The minimum atomic E-state index is -0.685. The first-order chi connectivity index (χ1) is 17.6. The lowest BCUT2D eigenvalue weighted by Gasteiger charge is -2.31. The maximum atomic E-state index is 11.8. The second kappa shape index (κ2) is 13.1. The van der Waals surface area contributed by atoms with E-state index in [0.717, 1.165) is 45.1 Å². The Labute approximate surface area is 219 Å². The molecule has 2 aromatic rings. The monoisotopic (exact) mass is 521 g/mol. The first-order valence-electron chi connectivity index (χ1n) is 13.2. The van der Waals surface area contributed by atoms with E-state index in [-0.39, 0.29) is 11.8 Å². The smallest absolute Gasteiger partial charge is 0.468 e. The number of carbonyl (C=O) groups excluding carboxylic acids is 1. The Kier molecular flexibility index (Phi) is 10.2. The van der Waals surface area contributed by atoms with E-state index < -0.39 is 11.8 Å². The van der Waals surface area contributed by atoms with E-state index in [4.69, 9.17) is 24.8 Å². The highest BCUT2D eigenvalue weighted by Gasteiger charge is 2.26. The number of nitrogens with one attached hydrogen (secondary N) is 1. The Morgan fingerprint density at radius 1 is 1.24 bits per heavy atom. The number of carbonyl (C=O) groups is 1. The topological polar surface area (TPSA) is 139 Å². The fourth-order valence-corrected chi connectivity index (χ4v) is 4.41. The Balaban J connectivity index is 1.57. The van der Waals surface area contributed by atoms with Crippen molar-refractivity contribution in [2.75, 3.05) is 39.6 Å². The third-order valence-corrected chi connectivity index (χ3v) is 6.17. The van der Waals surface area contributed by atoms with Crippen molar-refractivity contribution in [3.8, 4) is 12.0 Å². The van der Waals surface area contributed by atoms with Gasteiger partial charge in [-0.3, -0.25) is 4.57 Å². The molecule has 0 aliphatic carbocycles. The normalized spacial score (nSPS) is 18.2. The van der Waals surface area contributed by atoms with Gasteiger partial charge < -0.3 is 30.1 Å². The molecule has 1 aliphatic heterocycles. The number of hydrogen-bond acceptors (Lipinski definition) is 11. The third-order valence-electron chi connectivity index (χ3n) is 6.17. The van der Waals surface area contributed by atoms with Gasteiger partial charge in [-0.25, -0.2) is 4.79 Å². The molecule has 2 atom stereocenters. The SMILES string of the molecule is CCCCOc1nc(N)c2nc(OC)n(CC3CCNC(CCCN(C)OC(=O)OC(C)(C)C)C3)c2n1. The fourth-order valence-electron chi connectivity index (χ4n) is 4.41. The number of unbranched alkanes of at least 4 members (excludes halogenated alkanes) is 1. The summed E-state index contributed by atoms with van der Waals surface area (Å²) in [6.45, 7) is 10.3. The van der Waals surface area contributed by atoms with Crippen LogP contribution in [0.25, 0.3) is 11.2 Å². The predicted octanol–water partition coefficient (Wildman–Crippen LogP) is 3.54. The Morgan fingerprint density at radius 3 is 2.73 bits per heavy atom. The van der Waals surface area contributed by atoms with Crippen LogP contribution in [0.1, 0.15) is 66.2 Å². The lowest BCUT2D eigenvalue weighted by molar-refractivity contribution is -0.128. The number of anilines is 1. The summed E-state index contributed by atoms with van der Waals surface area (Å²) in [6.07, 6.45) is 5.13. The van der Waals surface area contributed by atoms with Crippen LogP contribution >= 0.6 is 0 Å². The summed E-state index contributed by atoms with van der Waals surface area (Å²) in [4.78, 5) is 30.5. The quantitative estimate of drug-likeness (QED) is 0.241. The number of nitrogens with two attached hydrogens (primary N) is 1. The van der Waals surface area contributed by atoms with Crippen molar-refractivity contribution in [1.82, 2.24) is 29.9 Å². The van der Waals surface area contributed by atoms with Crippen LogP contribution in [0, 0.1) is 5.92 Å². The molecular weight excluding hydrogens is 478 g/mol. The number of methoxy groups -OCH3 is 1. The van der Waals surface area contributed by atoms with Gasteiger partial charge in [0, 0.05) is 26.2 Å². The number of nitrogens with zero attached hydrogens (tertiary/aromatic N) is 5. The van der Waals surface area contributed by atoms with Gasteiger partial charge in [-0.15, -0.1) is 5.06 Å². The first kappa shape index (κ1) is 28.7. The van der Waals surface area contributed by atoms with Crippen LogP contribution in [0.4, 0.5) is 10.6 Å². The number of nitrogen functional groups attached to an aromatic ring is 1. The number of hydroxylamine groups is 2. The molecule has 1 saturated heterocycles. The van der Waals surface area contributed by atoms with Crippen LogP contribution in [-0.2, 0) is 16.1 Å². The third kappa shape index (κ3) is 8.60. The molecule has 208 valence electrons. The van der Waals surface area contributed by atoms with Crippen molar-refractivity contribution in [2.45, 2.75) is 84.4 Å². The van der Waals surface area contributed by atoms with Crippen molar-refractivity contribution in [3.63, 3.8) is 0 Å². The molecule has 3 rings (SSSR count). The highest BCUT2D eigenvalue weighted by Crippen LogP contribution is 2.29. The van der Waals surface area contributed by atoms with Gasteiger partial charge in [0.05, 0.1) is 13.7 Å². The van der Waals surface area contributed by atoms with Gasteiger partial charge in [0.1, 0.15) is 5.60 Å². The van der Waals surface area contributed by atoms with Crippen molar-refractivity contribution in [3.05, 3.63) is 0 Å². The fraction of sp³-hybridized carbons (Fsp3) is 0.760. The number of ether oxygens (including phenoxy) is 3. The summed E-state index contributed by atoms with van der Waals surface area (Å²) in [5, 5.41) is 5.14. The predicted molar refractivity (Wildman–Crippen MR) is 140 cm³/mol. The van der Waals surface area contributed by atoms with Gasteiger partial charge in [-0.1, -0.05) is 13.3 Å². The molecule has 2 aromatic heterocycles. The average molecular weight is 522 g/mol. The zero-order chi connectivity index (χ0) is 27.0. The molecule has 0 saturated carbocycles. The van der Waals surface area contributed by atoms with E-state index >= 15 is 0 Å². The Bertz CT molecular complexity index is 1020. The van der Waals surface area contributed by atoms with E-state index in [1.54, 1.807) is 14.2 Å². The van der Waals surface area contributed by atoms with E-state index in [0.29, 0.717) is 48.8 Å². The summed E-state index contributed by atoms with van der Waals surface area (Å²) in [5.41, 5.74) is 6.75. The molecule has 0 amide bonds. The molecule has 1 fully saturated rings. The van der Waals surface area contributed by atoms with Gasteiger partial charge in [0.25, 0.3) is 6.01 Å². The zero-order valence-electron chi connectivity index (χ0n) is 23.1. The van der Waals surface area contributed by atoms with E-state index in [9.17, 15) is 4.79 Å². The highest BCUT2D eigenvalue weighted by atomic mass is 16.8. The minimum absolute atomic E-state index is 0.267. The number of aromatic nitrogens is 4. The molecule has 3 N–H and O–H groups in total. The zero-order valence-corrected chi connectivity index (χ0v) is 23.1. The maximum Gasteiger partial charge on any atom is 0.528 e. The number of rotatable bonds is 12. The Morgan fingerprint density at radius 2 is 2.03 bits per heavy atom. The minimum Gasteiger partial charge on any atom is -0.468 e. The molecule has 3 heterocycles. The van der Waals surface area contributed by atoms with E-state index in [1.165, 1.54) is 5.06 Å². The summed E-state index contributed by atoms with van der Waals surface area (Å²) in [5.74, 6) is 0.698. The molecule has 0 aromatic carbocycles. The van der Waals surface area contributed by atoms with Crippen LogP contribution < -0.4 is 20.5 Å². The molecule has 0 radical (unpaired) electrons. The average Bonchev–Trinajstić information content (AvgIpc) is 3.16. The summed E-state index contributed by atoms with van der Waals surface area (Å²) < 4.78 is 18.5. The molecule has 0 spiro atoms. The van der Waals surface area contributed by atoms with E-state index in [2.05, 4.69) is 27.2 Å². The van der Waals surface area contributed by atoms with Crippen LogP contribution in [-0.4, -0.2) is 76.2 Å². The standard InChI is InChI=1S/C25H43N7O5/c1-7-8-14-35-22-29-20(26)19-21(30-22)32(23(28-19)34-6)16-17-11-12-27-18(15-17)10-9-13-31(5)37-24(33)36-25(2,3)4/h17-18,27H,7-16H2,1-6H3,(H2,26,29,30). The lowest BCUT2D eigenvalue weighted by atomic mass is 9.90. The molecule has 0 bridgehead atoms. The van der Waals surface area contributed by atoms with Gasteiger partial charge in [0.2, 0.25) is 0 Å². The van der Waals surface area contributed by atoms with Gasteiger partial charge in [-0.2, -0.15) is 15.0 Å². The summed E-state index contributed by atoms with van der Waals surface area (Å²) in [7, 11) is 3.34. The first-order valence-corrected chi connectivity index (χ1v) is 13.2. The number of fused-ring (bicyclic) bond motifs is 1. The van der Waals surface area contributed by atoms with Crippen LogP contribution in [0.5, 0.6) is 12.0 Å². The highest BCUT2D eigenvalue weighted by molar-refractivity contribution is 5.83. The second-order valence-corrected chi connectivity index (χ2v) is 10.6. The maximum absolute atomic E-state index is 11.8. The molecule has 12 heteroatoms. The summed E-state index contributed by atoms with van der Waals surface area (Å²) in [6, 6.07) is 1.10. The van der Waals surface area contributed by atoms with E-state index in [1.807, 2.05) is 25.3 Å². The van der Waals surface area contributed by atoms with Crippen LogP contribution in [0.15, 0.2) is 0 Å². The van der Waals surface area contributed by atoms with Crippen molar-refractivity contribution in [2.24, 2.45) is 5.92 Å². The summed E-state index contributed by atoms with van der Waals surface area (Å²) >= 11 is 0. The molecule has 2 unspecified atom stereocenters. The number of hydrogen-bond donors (Lipinski definition) is 2. The number of imidazole rings is 1. The molecular formula is C25H43N7O5. The van der Waals surface area contributed by atoms with Crippen molar-refractivity contribution < 1.29 is 23.8 Å². The van der Waals surface area contributed by atoms with Crippen molar-refractivity contribution >= 4 is 23.1 Å². The lowest BCUT2D eigenvalue weighted by Crippen LogP contribution is -2.39. The van der Waals surface area contributed by atoms with Gasteiger partial charge in [0.15, 0.2) is 17.0 Å². The largest absolute Gasteiger partial charge is 0.528 e.